The fraction of sp³-hybridized carbons (Fsp3) is 0.286. The predicted molar refractivity (Wildman–Crippen MR) is 66.0 cm³/mol. The number of hydrogen-bond donors (Lipinski definition) is 1. The van der Waals surface area contributed by atoms with Crippen molar-refractivity contribution in [2.24, 2.45) is 0 Å². The maximum Gasteiger partial charge on any atom is 0.251 e. The minimum Gasteiger partial charge on any atom is -0.469 e. The minimum atomic E-state index is -0.653. The summed E-state index contributed by atoms with van der Waals surface area (Å²) in [5.74, 6) is -0.0156. The molecular formula is C14H13FN2O2. The maximum absolute atomic E-state index is 13.0. The first kappa shape index (κ1) is 11.9. The van der Waals surface area contributed by atoms with Crippen LogP contribution in [0.15, 0.2) is 35.1 Å². The molecule has 2 heterocycles. The Morgan fingerprint density at radius 3 is 3.21 bits per heavy atom. The van der Waals surface area contributed by atoms with Gasteiger partial charge in [0.25, 0.3) is 5.91 Å². The van der Waals surface area contributed by atoms with Crippen LogP contribution in [0.3, 0.4) is 0 Å². The molecule has 0 aromatic carbocycles. The summed E-state index contributed by atoms with van der Waals surface area (Å²) in [4.78, 5) is 15.5. The molecule has 98 valence electrons. The highest BCUT2D eigenvalue weighted by Gasteiger charge is 2.24. The molecule has 0 saturated heterocycles. The number of hydrogen-bond acceptors (Lipinski definition) is 3. The van der Waals surface area contributed by atoms with Gasteiger partial charge in [0, 0.05) is 29.8 Å². The molecule has 0 aliphatic heterocycles. The van der Waals surface area contributed by atoms with Crippen LogP contribution >= 0.6 is 0 Å². The van der Waals surface area contributed by atoms with Gasteiger partial charge in [-0.15, -0.1) is 0 Å². The molecule has 0 unspecified atom stereocenters. The van der Waals surface area contributed by atoms with Gasteiger partial charge in [-0.25, -0.2) is 4.98 Å². The minimum absolute atomic E-state index is 0.0637. The number of halogens is 1. The maximum atomic E-state index is 13.0. The molecule has 19 heavy (non-hydrogen) atoms. The number of carbonyl (C=O) groups is 1. The second-order valence-corrected chi connectivity index (χ2v) is 4.58. The fourth-order valence-corrected chi connectivity index (χ4v) is 2.42. The summed E-state index contributed by atoms with van der Waals surface area (Å²) in [6, 6.07) is 4.45. The van der Waals surface area contributed by atoms with Crippen molar-refractivity contribution in [1.29, 1.82) is 0 Å². The third kappa shape index (κ3) is 2.36. The number of aromatic nitrogens is 1. The number of furan rings is 1. The molecule has 2 aromatic rings. The molecule has 0 radical (unpaired) electrons. The highest BCUT2D eigenvalue weighted by Crippen LogP contribution is 2.30. The van der Waals surface area contributed by atoms with E-state index in [9.17, 15) is 9.18 Å². The zero-order valence-corrected chi connectivity index (χ0v) is 10.2. The first-order valence-electron chi connectivity index (χ1n) is 6.23. The molecule has 5 heteroatoms. The van der Waals surface area contributed by atoms with Gasteiger partial charge in [0.15, 0.2) is 0 Å². The Labute approximate surface area is 109 Å². The Bertz CT molecular complexity index is 609. The van der Waals surface area contributed by atoms with Crippen molar-refractivity contribution in [2.75, 3.05) is 0 Å². The van der Waals surface area contributed by atoms with Gasteiger partial charge in [-0.2, -0.15) is 4.39 Å². The molecule has 2 aromatic heterocycles. The summed E-state index contributed by atoms with van der Waals surface area (Å²) in [5, 5.41) is 2.91. The van der Waals surface area contributed by atoms with Crippen LogP contribution in [-0.2, 0) is 6.42 Å². The average Bonchev–Trinajstić information content (AvgIpc) is 2.88. The largest absolute Gasteiger partial charge is 0.469 e. The highest BCUT2D eigenvalue weighted by atomic mass is 19.1. The normalized spacial score (nSPS) is 17.8. The van der Waals surface area contributed by atoms with Crippen molar-refractivity contribution in [2.45, 2.75) is 25.3 Å². The smallest absolute Gasteiger partial charge is 0.251 e. The number of nitrogens with zero attached hydrogens (tertiary/aromatic N) is 1. The van der Waals surface area contributed by atoms with Crippen LogP contribution in [0, 0.1) is 5.95 Å². The lowest BCUT2D eigenvalue weighted by molar-refractivity contribution is 0.0931. The van der Waals surface area contributed by atoms with Crippen molar-refractivity contribution in [3.8, 4) is 0 Å². The Balaban J connectivity index is 1.78. The zero-order valence-electron chi connectivity index (χ0n) is 10.2. The summed E-state index contributed by atoms with van der Waals surface area (Å²) >= 11 is 0. The van der Waals surface area contributed by atoms with Crippen LogP contribution in [0.4, 0.5) is 4.39 Å². The summed E-state index contributed by atoms with van der Waals surface area (Å²) in [6.45, 7) is 0. The highest BCUT2D eigenvalue weighted by molar-refractivity contribution is 5.94. The summed E-state index contributed by atoms with van der Waals surface area (Å²) < 4.78 is 18.4. The molecule has 0 bridgehead atoms. The molecule has 1 atom stereocenters. The molecule has 1 N–H and O–H groups in total. The van der Waals surface area contributed by atoms with Gasteiger partial charge in [-0.05, 0) is 25.0 Å². The van der Waals surface area contributed by atoms with E-state index in [-0.39, 0.29) is 17.5 Å². The SMILES string of the molecule is O=C(N[C@@H]1CCCc2occc21)c1ccnc(F)c1. The van der Waals surface area contributed by atoms with E-state index in [2.05, 4.69) is 10.3 Å². The van der Waals surface area contributed by atoms with Crippen molar-refractivity contribution < 1.29 is 13.6 Å². The number of rotatable bonds is 2. The molecule has 1 amide bonds. The number of carbonyl (C=O) groups excluding carboxylic acids is 1. The number of fused-ring (bicyclic) bond motifs is 1. The lowest BCUT2D eigenvalue weighted by Crippen LogP contribution is -2.30. The Morgan fingerprint density at radius 2 is 2.37 bits per heavy atom. The van der Waals surface area contributed by atoms with Crippen LogP contribution in [0.2, 0.25) is 0 Å². The molecule has 4 nitrogen and oxygen atoms in total. The summed E-state index contributed by atoms with van der Waals surface area (Å²) in [5.41, 5.74) is 1.30. The Kier molecular flexibility index (Phi) is 3.03. The van der Waals surface area contributed by atoms with E-state index in [1.54, 1.807) is 6.26 Å². The fourth-order valence-electron chi connectivity index (χ4n) is 2.42. The van der Waals surface area contributed by atoms with E-state index < -0.39 is 5.95 Å². The van der Waals surface area contributed by atoms with Gasteiger partial charge in [0.05, 0.1) is 12.3 Å². The Hall–Kier alpha value is -2.17. The third-order valence-electron chi connectivity index (χ3n) is 3.35. The van der Waals surface area contributed by atoms with Crippen molar-refractivity contribution in [3.63, 3.8) is 0 Å². The van der Waals surface area contributed by atoms with Gasteiger partial charge in [-0.3, -0.25) is 4.79 Å². The third-order valence-corrected chi connectivity index (χ3v) is 3.35. The monoisotopic (exact) mass is 260 g/mol. The molecule has 0 fully saturated rings. The zero-order chi connectivity index (χ0) is 13.2. The second-order valence-electron chi connectivity index (χ2n) is 4.58. The van der Waals surface area contributed by atoms with E-state index in [0.717, 1.165) is 36.7 Å². The van der Waals surface area contributed by atoms with E-state index in [4.69, 9.17) is 4.42 Å². The number of pyridine rings is 1. The van der Waals surface area contributed by atoms with Crippen LogP contribution in [0.5, 0.6) is 0 Å². The summed E-state index contributed by atoms with van der Waals surface area (Å²) in [7, 11) is 0. The van der Waals surface area contributed by atoms with Crippen LogP contribution in [0.1, 0.15) is 40.6 Å². The number of nitrogens with one attached hydrogen (secondary N) is 1. The van der Waals surface area contributed by atoms with Gasteiger partial charge >= 0.3 is 0 Å². The quantitative estimate of drug-likeness (QED) is 0.844. The molecule has 0 saturated carbocycles. The first-order chi connectivity index (χ1) is 9.24. The Morgan fingerprint density at radius 1 is 1.47 bits per heavy atom. The lowest BCUT2D eigenvalue weighted by Gasteiger charge is -2.22. The molecule has 3 rings (SSSR count). The molecule has 1 aliphatic carbocycles. The van der Waals surface area contributed by atoms with E-state index in [0.29, 0.717) is 0 Å². The van der Waals surface area contributed by atoms with E-state index in [1.807, 2.05) is 6.07 Å². The topological polar surface area (TPSA) is 55.1 Å². The number of amides is 1. The van der Waals surface area contributed by atoms with Gasteiger partial charge < -0.3 is 9.73 Å². The van der Waals surface area contributed by atoms with Crippen LogP contribution in [0.25, 0.3) is 0 Å². The van der Waals surface area contributed by atoms with Crippen molar-refractivity contribution >= 4 is 5.91 Å². The van der Waals surface area contributed by atoms with Crippen molar-refractivity contribution in [1.82, 2.24) is 10.3 Å². The van der Waals surface area contributed by atoms with Gasteiger partial charge in [-0.1, -0.05) is 0 Å². The van der Waals surface area contributed by atoms with Crippen molar-refractivity contribution in [3.05, 3.63) is 53.5 Å². The predicted octanol–water partition coefficient (Wildman–Crippen LogP) is 2.62. The molecular weight excluding hydrogens is 247 g/mol. The molecule has 1 aliphatic rings. The van der Waals surface area contributed by atoms with E-state index in [1.165, 1.54) is 12.3 Å². The average molecular weight is 260 g/mol. The van der Waals surface area contributed by atoms with E-state index >= 15 is 0 Å². The summed E-state index contributed by atoms with van der Waals surface area (Å²) in [6.07, 6.45) is 5.66. The van der Waals surface area contributed by atoms with Crippen LogP contribution < -0.4 is 5.32 Å². The molecule has 0 spiro atoms. The van der Waals surface area contributed by atoms with Crippen LogP contribution in [-0.4, -0.2) is 10.9 Å². The second kappa shape index (κ2) is 4.84. The first-order valence-corrected chi connectivity index (χ1v) is 6.23. The standard InChI is InChI=1S/C14H13FN2O2/c15-13-8-9(4-6-16-13)14(18)17-11-2-1-3-12-10(11)5-7-19-12/h4-8,11H,1-3H2,(H,17,18)/t11-/m1/s1. The number of aryl methyl sites for hydroxylation is 1. The van der Waals surface area contributed by atoms with Gasteiger partial charge in [0.2, 0.25) is 5.95 Å². The van der Waals surface area contributed by atoms with Gasteiger partial charge in [0.1, 0.15) is 5.76 Å². The lowest BCUT2D eigenvalue weighted by atomic mass is 9.93.